The highest BCUT2D eigenvalue weighted by Crippen LogP contribution is 2.39. The Morgan fingerprint density at radius 3 is 2.65 bits per heavy atom. The van der Waals surface area contributed by atoms with Gasteiger partial charge < -0.3 is 10.6 Å². The summed E-state index contributed by atoms with van der Waals surface area (Å²) in [5.74, 6) is 1.51. The summed E-state index contributed by atoms with van der Waals surface area (Å²) in [6.45, 7) is 6.02. The maximum atomic E-state index is 12.9. The summed E-state index contributed by atoms with van der Waals surface area (Å²) >= 11 is 0. The van der Waals surface area contributed by atoms with Gasteiger partial charge in [-0.3, -0.25) is 4.79 Å². The molecule has 3 atom stereocenters. The molecule has 1 saturated heterocycles. The zero-order valence-electron chi connectivity index (χ0n) is 14.5. The average Bonchev–Trinajstić information content (AvgIpc) is 3.10. The number of likely N-dealkylation sites (tertiary alicyclic amines) is 1. The van der Waals surface area contributed by atoms with Crippen LogP contribution in [0.2, 0.25) is 0 Å². The third-order valence-corrected chi connectivity index (χ3v) is 5.89. The topological polar surface area (TPSA) is 46.3 Å². The normalized spacial score (nSPS) is 27.3. The van der Waals surface area contributed by atoms with Crippen LogP contribution in [0.5, 0.6) is 0 Å². The fraction of sp³-hybridized carbons (Fsp3) is 0.650. The number of rotatable bonds is 5. The minimum atomic E-state index is -0.266. The summed E-state index contributed by atoms with van der Waals surface area (Å²) in [6, 6.07) is 10.8. The summed E-state index contributed by atoms with van der Waals surface area (Å²) in [6.07, 6.45) is 5.39. The van der Waals surface area contributed by atoms with E-state index < -0.39 is 0 Å². The van der Waals surface area contributed by atoms with Crippen molar-refractivity contribution in [2.75, 3.05) is 13.1 Å². The fourth-order valence-electron chi connectivity index (χ4n) is 4.39. The SMILES string of the molecule is CC(C)(CCCc1ccccc1)C(=O)N1CC2CCC(N)C2C1. The number of amides is 1. The highest BCUT2D eigenvalue weighted by Gasteiger charge is 2.44. The minimum absolute atomic E-state index is 0.266. The van der Waals surface area contributed by atoms with E-state index in [9.17, 15) is 4.79 Å². The van der Waals surface area contributed by atoms with Gasteiger partial charge in [0.1, 0.15) is 0 Å². The second kappa shape index (κ2) is 6.64. The first-order valence-electron chi connectivity index (χ1n) is 9.06. The standard InChI is InChI=1S/C20H30N2O/c1-20(2,12-6-9-15-7-4-3-5-8-15)19(23)22-13-16-10-11-18(21)17(16)14-22/h3-5,7-8,16-18H,6,9-14,21H2,1-2H3. The van der Waals surface area contributed by atoms with Gasteiger partial charge in [-0.25, -0.2) is 0 Å². The van der Waals surface area contributed by atoms with Gasteiger partial charge in [0, 0.05) is 24.5 Å². The molecular formula is C20H30N2O. The van der Waals surface area contributed by atoms with E-state index in [-0.39, 0.29) is 5.41 Å². The maximum Gasteiger partial charge on any atom is 0.228 e. The maximum absolute atomic E-state index is 12.9. The molecule has 1 heterocycles. The molecule has 1 amide bonds. The van der Waals surface area contributed by atoms with Crippen LogP contribution in [-0.2, 0) is 11.2 Å². The van der Waals surface area contributed by atoms with Crippen molar-refractivity contribution < 1.29 is 4.79 Å². The van der Waals surface area contributed by atoms with Crippen LogP contribution in [0.15, 0.2) is 30.3 Å². The fourth-order valence-corrected chi connectivity index (χ4v) is 4.39. The van der Waals surface area contributed by atoms with Crippen LogP contribution in [-0.4, -0.2) is 29.9 Å². The number of carbonyl (C=O) groups excluding carboxylic acids is 1. The largest absolute Gasteiger partial charge is 0.342 e. The Morgan fingerprint density at radius 2 is 1.96 bits per heavy atom. The Bertz CT molecular complexity index is 540. The number of nitrogens with two attached hydrogens (primary N) is 1. The first-order valence-corrected chi connectivity index (χ1v) is 9.06. The Morgan fingerprint density at radius 1 is 1.22 bits per heavy atom. The summed E-state index contributed by atoms with van der Waals surface area (Å²) < 4.78 is 0. The lowest BCUT2D eigenvalue weighted by molar-refractivity contribution is -0.140. The van der Waals surface area contributed by atoms with Crippen molar-refractivity contribution in [3.63, 3.8) is 0 Å². The molecule has 2 fully saturated rings. The quantitative estimate of drug-likeness (QED) is 0.907. The number of hydrogen-bond acceptors (Lipinski definition) is 2. The van der Waals surface area contributed by atoms with Crippen molar-refractivity contribution in [3.05, 3.63) is 35.9 Å². The predicted molar refractivity (Wildman–Crippen MR) is 93.9 cm³/mol. The molecule has 1 aromatic carbocycles. The minimum Gasteiger partial charge on any atom is -0.342 e. The summed E-state index contributed by atoms with van der Waals surface area (Å²) in [4.78, 5) is 15.0. The molecule has 1 saturated carbocycles. The van der Waals surface area contributed by atoms with Gasteiger partial charge in [-0.2, -0.15) is 0 Å². The molecule has 2 aliphatic rings. The lowest BCUT2D eigenvalue weighted by atomic mass is 9.85. The van der Waals surface area contributed by atoms with E-state index in [2.05, 4.69) is 43.0 Å². The summed E-state index contributed by atoms with van der Waals surface area (Å²) in [5.41, 5.74) is 7.29. The number of nitrogens with zero attached hydrogens (tertiary/aromatic N) is 1. The zero-order valence-corrected chi connectivity index (χ0v) is 14.5. The summed E-state index contributed by atoms with van der Waals surface area (Å²) in [5, 5.41) is 0. The molecule has 2 N–H and O–H groups in total. The molecule has 126 valence electrons. The second-order valence-electron chi connectivity index (χ2n) is 8.10. The number of hydrogen-bond donors (Lipinski definition) is 1. The van der Waals surface area contributed by atoms with Crippen LogP contribution in [0.4, 0.5) is 0 Å². The van der Waals surface area contributed by atoms with Gasteiger partial charge >= 0.3 is 0 Å². The first kappa shape index (κ1) is 16.5. The molecule has 3 unspecified atom stereocenters. The van der Waals surface area contributed by atoms with Crippen molar-refractivity contribution in [2.45, 2.75) is 52.0 Å². The van der Waals surface area contributed by atoms with Crippen LogP contribution >= 0.6 is 0 Å². The van der Waals surface area contributed by atoms with Crippen molar-refractivity contribution in [2.24, 2.45) is 23.0 Å². The van der Waals surface area contributed by atoms with E-state index in [0.717, 1.165) is 38.8 Å². The number of carbonyl (C=O) groups is 1. The second-order valence-corrected chi connectivity index (χ2v) is 8.10. The summed E-state index contributed by atoms with van der Waals surface area (Å²) in [7, 11) is 0. The van der Waals surface area contributed by atoms with Crippen LogP contribution in [0.3, 0.4) is 0 Å². The number of benzene rings is 1. The lowest BCUT2D eigenvalue weighted by Gasteiger charge is -2.30. The van der Waals surface area contributed by atoms with Crippen molar-refractivity contribution in [3.8, 4) is 0 Å². The van der Waals surface area contributed by atoms with Gasteiger partial charge in [0.25, 0.3) is 0 Å². The van der Waals surface area contributed by atoms with Crippen LogP contribution < -0.4 is 5.73 Å². The molecule has 3 heteroatoms. The van der Waals surface area contributed by atoms with Gasteiger partial charge in [0.15, 0.2) is 0 Å². The van der Waals surface area contributed by atoms with Crippen molar-refractivity contribution >= 4 is 5.91 Å². The molecule has 0 bridgehead atoms. The van der Waals surface area contributed by atoms with Crippen LogP contribution in [0.1, 0.15) is 45.1 Å². The van der Waals surface area contributed by atoms with E-state index in [0.29, 0.717) is 23.8 Å². The lowest BCUT2D eigenvalue weighted by Crippen LogP contribution is -2.41. The monoisotopic (exact) mass is 314 g/mol. The first-order chi connectivity index (χ1) is 11.0. The number of aryl methyl sites for hydroxylation is 1. The molecule has 0 spiro atoms. The van der Waals surface area contributed by atoms with Gasteiger partial charge in [0.05, 0.1) is 0 Å². The number of fused-ring (bicyclic) bond motifs is 1. The highest BCUT2D eigenvalue weighted by molar-refractivity contribution is 5.82. The average molecular weight is 314 g/mol. The van der Waals surface area contributed by atoms with Crippen molar-refractivity contribution in [1.29, 1.82) is 0 Å². The highest BCUT2D eigenvalue weighted by atomic mass is 16.2. The molecular weight excluding hydrogens is 284 g/mol. The van der Waals surface area contributed by atoms with Gasteiger partial charge in [-0.15, -0.1) is 0 Å². The molecule has 23 heavy (non-hydrogen) atoms. The molecule has 1 aromatic rings. The van der Waals surface area contributed by atoms with Crippen molar-refractivity contribution in [1.82, 2.24) is 4.90 Å². The molecule has 0 aromatic heterocycles. The van der Waals surface area contributed by atoms with Gasteiger partial charge in [0.2, 0.25) is 5.91 Å². The third-order valence-electron chi connectivity index (χ3n) is 5.89. The van der Waals surface area contributed by atoms with Gasteiger partial charge in [-0.1, -0.05) is 44.2 Å². The van der Waals surface area contributed by atoms with Crippen LogP contribution in [0.25, 0.3) is 0 Å². The van der Waals surface area contributed by atoms with Gasteiger partial charge in [-0.05, 0) is 49.5 Å². The Labute approximate surface area is 140 Å². The Kier molecular flexibility index (Phi) is 4.77. The molecule has 3 nitrogen and oxygen atoms in total. The molecule has 0 radical (unpaired) electrons. The molecule has 3 rings (SSSR count). The van der Waals surface area contributed by atoms with E-state index in [1.54, 1.807) is 0 Å². The zero-order chi connectivity index (χ0) is 16.4. The van der Waals surface area contributed by atoms with E-state index in [1.807, 2.05) is 6.07 Å². The van der Waals surface area contributed by atoms with E-state index in [1.165, 1.54) is 12.0 Å². The smallest absolute Gasteiger partial charge is 0.228 e. The molecule has 1 aliphatic heterocycles. The van der Waals surface area contributed by atoms with Crippen LogP contribution in [0, 0.1) is 17.3 Å². The Balaban J connectivity index is 1.52. The molecule has 1 aliphatic carbocycles. The van der Waals surface area contributed by atoms with E-state index >= 15 is 0 Å². The Hall–Kier alpha value is -1.35. The van der Waals surface area contributed by atoms with E-state index in [4.69, 9.17) is 5.73 Å². The third kappa shape index (κ3) is 3.60. The predicted octanol–water partition coefficient (Wildman–Crippen LogP) is 3.23.